The molecule has 3 rings (SSSR count). The van der Waals surface area contributed by atoms with E-state index in [1.165, 1.54) is 18.2 Å². The maximum absolute atomic E-state index is 12.5. The number of rotatable bonds is 7. The predicted octanol–water partition coefficient (Wildman–Crippen LogP) is 5.07. The highest BCUT2D eigenvalue weighted by molar-refractivity contribution is 6.23. The molecular formula is C25H21F3N2O5. The number of nitrogens with two attached hydrogens (primary N) is 2. The molecule has 0 spiro atoms. The Morgan fingerprint density at radius 1 is 0.914 bits per heavy atom. The highest BCUT2D eigenvalue weighted by atomic mass is 19.4. The Hall–Kier alpha value is -4.47. The van der Waals surface area contributed by atoms with Crippen LogP contribution in [0.5, 0.6) is 11.5 Å². The predicted molar refractivity (Wildman–Crippen MR) is 124 cm³/mol. The molecule has 0 aliphatic carbocycles. The van der Waals surface area contributed by atoms with Gasteiger partial charge in [0.15, 0.2) is 0 Å². The van der Waals surface area contributed by atoms with Gasteiger partial charge in [0.1, 0.15) is 11.5 Å². The standard InChI is InChI=1S/C25H21F3N2O5/c1-2-33-24(32)21(20-12-7-17(29)14-22(20)30)13-15-3-8-18(9-4-15)34-23(31)16-5-10-19(11-6-16)35-25(26,27)28/h3-14H,2,29-30H2,1H3. The quantitative estimate of drug-likeness (QED) is 0.158. The zero-order chi connectivity index (χ0) is 25.6. The van der Waals surface area contributed by atoms with Crippen LogP contribution >= 0.6 is 0 Å². The van der Waals surface area contributed by atoms with Crippen LogP contribution in [-0.4, -0.2) is 24.9 Å². The minimum absolute atomic E-state index is 0.0342. The van der Waals surface area contributed by atoms with Crippen LogP contribution in [-0.2, 0) is 9.53 Å². The van der Waals surface area contributed by atoms with Crippen molar-refractivity contribution < 1.29 is 37.0 Å². The van der Waals surface area contributed by atoms with Crippen LogP contribution in [0.4, 0.5) is 24.5 Å². The summed E-state index contributed by atoms with van der Waals surface area (Å²) in [5, 5.41) is 0. The molecule has 0 saturated carbocycles. The van der Waals surface area contributed by atoms with Crippen molar-refractivity contribution in [2.45, 2.75) is 13.3 Å². The van der Waals surface area contributed by atoms with Crippen LogP contribution in [0.3, 0.4) is 0 Å². The molecule has 0 aliphatic rings. The first-order valence-corrected chi connectivity index (χ1v) is 10.3. The van der Waals surface area contributed by atoms with E-state index in [1.54, 1.807) is 37.3 Å². The summed E-state index contributed by atoms with van der Waals surface area (Å²) in [6, 6.07) is 15.3. The molecule has 182 valence electrons. The monoisotopic (exact) mass is 486 g/mol. The fourth-order valence-electron chi connectivity index (χ4n) is 3.04. The molecule has 7 nitrogen and oxygen atoms in total. The van der Waals surface area contributed by atoms with E-state index in [-0.39, 0.29) is 23.5 Å². The molecule has 0 saturated heterocycles. The molecule has 0 aliphatic heterocycles. The molecule has 3 aromatic carbocycles. The van der Waals surface area contributed by atoms with Gasteiger partial charge >= 0.3 is 18.3 Å². The summed E-state index contributed by atoms with van der Waals surface area (Å²) in [6.07, 6.45) is -3.25. The van der Waals surface area contributed by atoms with Crippen LogP contribution in [0.1, 0.15) is 28.4 Å². The van der Waals surface area contributed by atoms with Gasteiger partial charge in [0.25, 0.3) is 0 Å². The summed E-state index contributed by atoms with van der Waals surface area (Å²) in [7, 11) is 0. The Kier molecular flexibility index (Phi) is 7.65. The van der Waals surface area contributed by atoms with Gasteiger partial charge in [-0.1, -0.05) is 12.1 Å². The number of hydrogen-bond donors (Lipinski definition) is 2. The molecule has 3 aromatic rings. The maximum atomic E-state index is 12.5. The largest absolute Gasteiger partial charge is 0.573 e. The van der Waals surface area contributed by atoms with Crippen molar-refractivity contribution in [1.82, 2.24) is 0 Å². The highest BCUT2D eigenvalue weighted by Gasteiger charge is 2.31. The number of nitrogen functional groups attached to an aromatic ring is 2. The van der Waals surface area contributed by atoms with Gasteiger partial charge in [-0.2, -0.15) is 0 Å². The van der Waals surface area contributed by atoms with Gasteiger partial charge < -0.3 is 25.7 Å². The number of halogens is 3. The van der Waals surface area contributed by atoms with Gasteiger partial charge in [-0.05, 0) is 73.2 Å². The zero-order valence-electron chi connectivity index (χ0n) is 18.5. The minimum Gasteiger partial charge on any atom is -0.462 e. The topological polar surface area (TPSA) is 114 Å². The summed E-state index contributed by atoms with van der Waals surface area (Å²) in [5.41, 5.74) is 13.8. The van der Waals surface area contributed by atoms with E-state index in [0.29, 0.717) is 22.5 Å². The normalized spacial score (nSPS) is 11.6. The molecule has 0 amide bonds. The third-order valence-electron chi connectivity index (χ3n) is 4.59. The van der Waals surface area contributed by atoms with E-state index < -0.39 is 24.1 Å². The lowest BCUT2D eigenvalue weighted by molar-refractivity contribution is -0.274. The van der Waals surface area contributed by atoms with Crippen molar-refractivity contribution in [1.29, 1.82) is 0 Å². The van der Waals surface area contributed by atoms with Crippen LogP contribution in [0.2, 0.25) is 0 Å². The summed E-state index contributed by atoms with van der Waals surface area (Å²) in [6.45, 7) is 1.85. The van der Waals surface area contributed by atoms with E-state index in [4.69, 9.17) is 20.9 Å². The van der Waals surface area contributed by atoms with Gasteiger partial charge in [0, 0.05) is 16.9 Å². The van der Waals surface area contributed by atoms with E-state index in [9.17, 15) is 22.8 Å². The number of hydrogen-bond acceptors (Lipinski definition) is 7. The fraction of sp³-hybridized carbons (Fsp3) is 0.120. The van der Waals surface area contributed by atoms with Gasteiger partial charge in [-0.15, -0.1) is 13.2 Å². The summed E-state index contributed by atoms with van der Waals surface area (Å²) in [5.74, 6) is -1.61. The Labute approximate surface area is 198 Å². The lowest BCUT2D eigenvalue weighted by Crippen LogP contribution is -2.17. The number of esters is 2. The Morgan fingerprint density at radius 3 is 2.11 bits per heavy atom. The van der Waals surface area contributed by atoms with Crippen molar-refractivity contribution >= 4 is 35.0 Å². The molecule has 10 heteroatoms. The van der Waals surface area contributed by atoms with Crippen molar-refractivity contribution in [3.05, 3.63) is 83.4 Å². The Balaban J connectivity index is 1.77. The summed E-state index contributed by atoms with van der Waals surface area (Å²) >= 11 is 0. The third kappa shape index (κ3) is 7.00. The summed E-state index contributed by atoms with van der Waals surface area (Å²) < 4.78 is 50.9. The van der Waals surface area contributed by atoms with Gasteiger partial charge in [-0.25, -0.2) is 9.59 Å². The first kappa shape index (κ1) is 25.2. The molecule has 4 N–H and O–H groups in total. The average Bonchev–Trinajstić information content (AvgIpc) is 2.78. The molecule has 35 heavy (non-hydrogen) atoms. The van der Waals surface area contributed by atoms with Crippen LogP contribution in [0, 0.1) is 0 Å². The maximum Gasteiger partial charge on any atom is 0.573 e. The molecule has 0 unspecified atom stereocenters. The molecule has 0 radical (unpaired) electrons. The molecular weight excluding hydrogens is 465 g/mol. The molecule has 0 atom stereocenters. The van der Waals surface area contributed by atoms with Crippen molar-refractivity contribution in [2.75, 3.05) is 18.1 Å². The van der Waals surface area contributed by atoms with E-state index in [0.717, 1.165) is 24.3 Å². The minimum atomic E-state index is -4.83. The summed E-state index contributed by atoms with van der Waals surface area (Å²) in [4.78, 5) is 24.8. The molecule has 0 heterocycles. The van der Waals surface area contributed by atoms with Crippen LogP contribution < -0.4 is 20.9 Å². The number of anilines is 2. The molecule has 0 bridgehead atoms. The number of carbonyl (C=O) groups excluding carboxylic acids is 2. The van der Waals surface area contributed by atoms with Crippen LogP contribution in [0.25, 0.3) is 11.6 Å². The van der Waals surface area contributed by atoms with E-state index in [1.807, 2.05) is 0 Å². The number of ether oxygens (including phenoxy) is 3. The van der Waals surface area contributed by atoms with Crippen molar-refractivity contribution in [3.8, 4) is 11.5 Å². The third-order valence-corrected chi connectivity index (χ3v) is 4.59. The lowest BCUT2D eigenvalue weighted by Gasteiger charge is -2.11. The highest BCUT2D eigenvalue weighted by Crippen LogP contribution is 2.28. The second-order valence-electron chi connectivity index (χ2n) is 7.16. The van der Waals surface area contributed by atoms with Gasteiger partial charge in [-0.3, -0.25) is 0 Å². The SMILES string of the molecule is CCOC(=O)C(=Cc1ccc(OC(=O)c2ccc(OC(F)(F)F)cc2)cc1)c1ccc(N)cc1N. The van der Waals surface area contributed by atoms with Gasteiger partial charge in [0.2, 0.25) is 0 Å². The molecule has 0 fully saturated rings. The smallest absolute Gasteiger partial charge is 0.462 e. The zero-order valence-corrected chi connectivity index (χ0v) is 18.5. The van der Waals surface area contributed by atoms with E-state index in [2.05, 4.69) is 4.74 Å². The number of carbonyl (C=O) groups is 2. The average molecular weight is 486 g/mol. The molecule has 0 aromatic heterocycles. The Bertz CT molecular complexity index is 1240. The second kappa shape index (κ2) is 10.6. The van der Waals surface area contributed by atoms with E-state index >= 15 is 0 Å². The van der Waals surface area contributed by atoms with Crippen molar-refractivity contribution in [2.24, 2.45) is 0 Å². The number of alkyl halides is 3. The van der Waals surface area contributed by atoms with Crippen molar-refractivity contribution in [3.63, 3.8) is 0 Å². The lowest BCUT2D eigenvalue weighted by atomic mass is 10.0. The van der Waals surface area contributed by atoms with Gasteiger partial charge in [0.05, 0.1) is 17.7 Å². The first-order chi connectivity index (χ1) is 16.6. The van der Waals surface area contributed by atoms with Crippen LogP contribution in [0.15, 0.2) is 66.7 Å². The number of benzene rings is 3. The fourth-order valence-corrected chi connectivity index (χ4v) is 3.04. The second-order valence-corrected chi connectivity index (χ2v) is 7.16. The first-order valence-electron chi connectivity index (χ1n) is 10.3. The Morgan fingerprint density at radius 2 is 1.54 bits per heavy atom.